The van der Waals surface area contributed by atoms with Crippen LogP contribution in [0.2, 0.25) is 0 Å². The fourth-order valence-electron chi connectivity index (χ4n) is 1.45. The van der Waals surface area contributed by atoms with Crippen LogP contribution in [0.5, 0.6) is 0 Å². The lowest BCUT2D eigenvalue weighted by atomic mass is 10.2. The molecule has 1 aliphatic heterocycles. The second-order valence-corrected chi connectivity index (χ2v) is 3.19. The molecule has 0 aromatic carbocycles. The molecule has 0 bridgehead atoms. The van der Waals surface area contributed by atoms with Crippen LogP contribution in [0.1, 0.15) is 6.92 Å². The highest BCUT2D eigenvalue weighted by Crippen LogP contribution is 2.04. The first-order chi connectivity index (χ1) is 5.09. The molecule has 0 radical (unpaired) electrons. The zero-order chi connectivity index (χ0) is 8.43. The van der Waals surface area contributed by atoms with Crippen molar-refractivity contribution in [3.05, 3.63) is 0 Å². The van der Waals surface area contributed by atoms with Crippen molar-refractivity contribution < 1.29 is 4.79 Å². The van der Waals surface area contributed by atoms with Gasteiger partial charge in [0.05, 0.1) is 6.04 Å². The van der Waals surface area contributed by atoms with E-state index in [0.717, 1.165) is 13.1 Å². The maximum Gasteiger partial charge on any atom is 0.217 e. The van der Waals surface area contributed by atoms with Crippen molar-refractivity contribution in [2.45, 2.75) is 19.0 Å². The van der Waals surface area contributed by atoms with E-state index in [1.807, 2.05) is 7.05 Å². The van der Waals surface area contributed by atoms with E-state index in [-0.39, 0.29) is 18.0 Å². The van der Waals surface area contributed by atoms with Gasteiger partial charge in [0.1, 0.15) is 0 Å². The van der Waals surface area contributed by atoms with Crippen molar-refractivity contribution in [2.75, 3.05) is 20.1 Å². The van der Waals surface area contributed by atoms with Gasteiger partial charge in [-0.05, 0) is 7.05 Å². The SMILES string of the molecule is CC(=O)NC1CN(C)CC1N. The van der Waals surface area contributed by atoms with Gasteiger partial charge in [-0.1, -0.05) is 0 Å². The summed E-state index contributed by atoms with van der Waals surface area (Å²) in [6.07, 6.45) is 0. The minimum atomic E-state index is 0.000694. The van der Waals surface area contributed by atoms with Gasteiger partial charge >= 0.3 is 0 Å². The third kappa shape index (κ3) is 2.17. The van der Waals surface area contributed by atoms with Crippen molar-refractivity contribution in [1.29, 1.82) is 0 Å². The smallest absolute Gasteiger partial charge is 0.217 e. The Bertz CT molecular complexity index is 160. The number of likely N-dealkylation sites (N-methyl/N-ethyl adjacent to an activating group) is 1. The second-order valence-electron chi connectivity index (χ2n) is 3.19. The number of likely N-dealkylation sites (tertiary alicyclic amines) is 1. The number of nitrogens with zero attached hydrogens (tertiary/aromatic N) is 1. The van der Waals surface area contributed by atoms with Gasteiger partial charge in [0.2, 0.25) is 5.91 Å². The Morgan fingerprint density at radius 1 is 1.64 bits per heavy atom. The zero-order valence-electron chi connectivity index (χ0n) is 7.00. The van der Waals surface area contributed by atoms with E-state index in [9.17, 15) is 4.79 Å². The predicted octanol–water partition coefficient (Wildman–Crippen LogP) is -1.24. The number of carbonyl (C=O) groups excluding carboxylic acids is 1. The molecular formula is C7H15N3O. The summed E-state index contributed by atoms with van der Waals surface area (Å²) in [5, 5.41) is 2.82. The normalized spacial score (nSPS) is 32.3. The molecule has 1 amide bonds. The third-order valence-corrected chi connectivity index (χ3v) is 1.94. The van der Waals surface area contributed by atoms with Crippen LogP contribution in [0, 0.1) is 0 Å². The topological polar surface area (TPSA) is 58.4 Å². The number of hydrogen-bond donors (Lipinski definition) is 2. The van der Waals surface area contributed by atoms with Crippen molar-refractivity contribution in [2.24, 2.45) is 5.73 Å². The first kappa shape index (κ1) is 8.49. The molecule has 0 aromatic heterocycles. The maximum absolute atomic E-state index is 10.7. The number of hydrogen-bond acceptors (Lipinski definition) is 3. The number of carbonyl (C=O) groups is 1. The highest BCUT2D eigenvalue weighted by Gasteiger charge is 2.27. The minimum absolute atomic E-state index is 0.000694. The molecule has 1 saturated heterocycles. The summed E-state index contributed by atoms with van der Waals surface area (Å²) in [4.78, 5) is 12.8. The molecule has 1 heterocycles. The summed E-state index contributed by atoms with van der Waals surface area (Å²) in [6, 6.07) is 0.224. The lowest BCUT2D eigenvalue weighted by Gasteiger charge is -2.14. The van der Waals surface area contributed by atoms with E-state index >= 15 is 0 Å². The quantitative estimate of drug-likeness (QED) is 0.501. The Morgan fingerprint density at radius 2 is 2.27 bits per heavy atom. The van der Waals surface area contributed by atoms with E-state index in [2.05, 4.69) is 10.2 Å². The van der Waals surface area contributed by atoms with Crippen LogP contribution in [0.15, 0.2) is 0 Å². The number of rotatable bonds is 1. The molecule has 0 aromatic rings. The standard InChI is InChI=1S/C7H15N3O/c1-5(11)9-7-4-10(2)3-6(7)8/h6-7H,3-4,8H2,1-2H3,(H,9,11). The average Bonchev–Trinajstić information content (AvgIpc) is 2.09. The van der Waals surface area contributed by atoms with Gasteiger partial charge in [0.15, 0.2) is 0 Å². The Labute approximate surface area is 66.7 Å². The summed E-state index contributed by atoms with van der Waals surface area (Å²) in [5.74, 6) is 0.000694. The highest BCUT2D eigenvalue weighted by molar-refractivity contribution is 5.73. The molecule has 2 unspecified atom stereocenters. The van der Waals surface area contributed by atoms with Gasteiger partial charge < -0.3 is 16.0 Å². The molecule has 0 aliphatic carbocycles. The fourth-order valence-corrected chi connectivity index (χ4v) is 1.45. The van der Waals surface area contributed by atoms with Crippen molar-refractivity contribution in [1.82, 2.24) is 10.2 Å². The molecule has 64 valence electrons. The van der Waals surface area contributed by atoms with Gasteiger partial charge in [-0.2, -0.15) is 0 Å². The van der Waals surface area contributed by atoms with Crippen molar-refractivity contribution >= 4 is 5.91 Å². The van der Waals surface area contributed by atoms with Crippen LogP contribution in [-0.2, 0) is 4.79 Å². The Balaban J connectivity index is 2.40. The summed E-state index contributed by atoms with van der Waals surface area (Å²) < 4.78 is 0. The second kappa shape index (κ2) is 3.19. The van der Waals surface area contributed by atoms with Gasteiger partial charge in [-0.3, -0.25) is 4.79 Å². The molecule has 1 rings (SSSR count). The van der Waals surface area contributed by atoms with Gasteiger partial charge in [0.25, 0.3) is 0 Å². The van der Waals surface area contributed by atoms with E-state index < -0.39 is 0 Å². The number of nitrogens with one attached hydrogen (secondary N) is 1. The summed E-state index contributed by atoms with van der Waals surface area (Å²) in [5.41, 5.74) is 5.76. The molecule has 4 heteroatoms. The fraction of sp³-hybridized carbons (Fsp3) is 0.857. The first-order valence-corrected chi connectivity index (χ1v) is 3.81. The van der Waals surface area contributed by atoms with Crippen LogP contribution < -0.4 is 11.1 Å². The van der Waals surface area contributed by atoms with Crippen LogP contribution >= 0.6 is 0 Å². The molecule has 3 N–H and O–H groups in total. The van der Waals surface area contributed by atoms with E-state index in [1.54, 1.807) is 0 Å². The van der Waals surface area contributed by atoms with Crippen molar-refractivity contribution in [3.63, 3.8) is 0 Å². The van der Waals surface area contributed by atoms with E-state index in [4.69, 9.17) is 5.73 Å². The van der Waals surface area contributed by atoms with E-state index in [0.29, 0.717) is 0 Å². The monoisotopic (exact) mass is 157 g/mol. The van der Waals surface area contributed by atoms with Gasteiger partial charge in [-0.25, -0.2) is 0 Å². The molecule has 11 heavy (non-hydrogen) atoms. The molecule has 2 atom stereocenters. The van der Waals surface area contributed by atoms with Crippen LogP contribution in [0.25, 0.3) is 0 Å². The highest BCUT2D eigenvalue weighted by atomic mass is 16.1. The molecule has 0 spiro atoms. The lowest BCUT2D eigenvalue weighted by molar-refractivity contribution is -0.119. The largest absolute Gasteiger partial charge is 0.351 e. The number of amides is 1. The average molecular weight is 157 g/mol. The molecule has 1 aliphatic rings. The molecule has 4 nitrogen and oxygen atoms in total. The van der Waals surface area contributed by atoms with E-state index in [1.165, 1.54) is 6.92 Å². The maximum atomic E-state index is 10.7. The van der Waals surface area contributed by atoms with Gasteiger partial charge in [0, 0.05) is 26.1 Å². The molecule has 1 fully saturated rings. The van der Waals surface area contributed by atoms with Gasteiger partial charge in [-0.15, -0.1) is 0 Å². The van der Waals surface area contributed by atoms with Crippen LogP contribution in [-0.4, -0.2) is 43.0 Å². The molecular weight excluding hydrogens is 142 g/mol. The Morgan fingerprint density at radius 3 is 2.64 bits per heavy atom. The molecule has 0 saturated carbocycles. The van der Waals surface area contributed by atoms with Crippen LogP contribution in [0.3, 0.4) is 0 Å². The van der Waals surface area contributed by atoms with Crippen molar-refractivity contribution in [3.8, 4) is 0 Å². The first-order valence-electron chi connectivity index (χ1n) is 3.81. The summed E-state index contributed by atoms with van der Waals surface area (Å²) in [7, 11) is 2.00. The Hall–Kier alpha value is -0.610. The van der Waals surface area contributed by atoms with Crippen LogP contribution in [0.4, 0.5) is 0 Å². The lowest BCUT2D eigenvalue weighted by Crippen LogP contribution is -2.45. The zero-order valence-corrected chi connectivity index (χ0v) is 7.00. The minimum Gasteiger partial charge on any atom is -0.351 e. The summed E-state index contributed by atoms with van der Waals surface area (Å²) in [6.45, 7) is 3.25. The predicted molar refractivity (Wildman–Crippen MR) is 43.1 cm³/mol. The number of nitrogens with two attached hydrogens (primary N) is 1. The summed E-state index contributed by atoms with van der Waals surface area (Å²) >= 11 is 0. The Kier molecular flexibility index (Phi) is 2.46. The third-order valence-electron chi connectivity index (χ3n) is 1.94.